The number of rotatable bonds is 7. The summed E-state index contributed by atoms with van der Waals surface area (Å²) in [5.74, 6) is 1.81. The molecular formula is C29H42N8O3. The average Bonchev–Trinajstić information content (AvgIpc) is 2.92. The Bertz CT molecular complexity index is 1240. The number of amides is 3. The molecule has 3 aliphatic rings. The van der Waals surface area contributed by atoms with Gasteiger partial charge in [-0.25, -0.2) is 9.59 Å². The Kier molecular flexibility index (Phi) is 8.53. The summed E-state index contributed by atoms with van der Waals surface area (Å²) in [6.07, 6.45) is 5.25. The molecule has 0 unspecified atom stereocenters. The number of urea groups is 1. The van der Waals surface area contributed by atoms with E-state index < -0.39 is 11.2 Å². The minimum absolute atomic E-state index is 0.136. The molecule has 3 aliphatic heterocycles. The summed E-state index contributed by atoms with van der Waals surface area (Å²) in [5, 5.41) is 6.16. The van der Waals surface area contributed by atoms with Crippen molar-refractivity contribution in [2.75, 3.05) is 64.2 Å². The molecule has 1 aromatic carbocycles. The Hall–Kier alpha value is -3.28. The lowest BCUT2D eigenvalue weighted by Crippen LogP contribution is -2.58. The Morgan fingerprint density at radius 2 is 1.65 bits per heavy atom. The molecule has 0 aliphatic carbocycles. The second kappa shape index (κ2) is 12.1. The Morgan fingerprint density at radius 1 is 1.00 bits per heavy atom. The highest BCUT2D eigenvalue weighted by molar-refractivity contribution is 5.89. The predicted molar refractivity (Wildman–Crippen MR) is 154 cm³/mol. The van der Waals surface area contributed by atoms with Gasteiger partial charge >= 0.3 is 11.7 Å². The third kappa shape index (κ3) is 6.71. The van der Waals surface area contributed by atoms with Crippen molar-refractivity contribution in [2.45, 2.75) is 38.6 Å². The molecule has 11 heteroatoms. The van der Waals surface area contributed by atoms with E-state index >= 15 is 0 Å². The molecule has 4 heterocycles. The molecular weight excluding hydrogens is 508 g/mol. The van der Waals surface area contributed by atoms with Crippen molar-refractivity contribution >= 4 is 17.8 Å². The zero-order valence-corrected chi connectivity index (χ0v) is 23.6. The first kappa shape index (κ1) is 28.3. The van der Waals surface area contributed by atoms with Gasteiger partial charge in [0, 0.05) is 52.0 Å². The van der Waals surface area contributed by atoms with Gasteiger partial charge in [0.15, 0.2) is 0 Å². The lowest BCUT2D eigenvalue weighted by atomic mass is 9.80. The standard InChI is InChI=1S/C29H42N8O3/c1-29(2,30)26(38)35-15-17-36(18-16-35)27(39)32-25-10-14-37(28(40)33-25)24-5-3-21(4-6-24)9-13-34-19-23(20-34)22-7-11-31-12-8-22/h3-6,10,14,22-23,31H,7-9,11-13,15-20,30H2,1-2H3,(H,32,33,39,40). The number of nitrogens with two attached hydrogens (primary N) is 1. The van der Waals surface area contributed by atoms with Crippen molar-refractivity contribution in [1.82, 2.24) is 29.6 Å². The molecule has 0 atom stereocenters. The summed E-state index contributed by atoms with van der Waals surface area (Å²) in [5.41, 5.74) is 6.49. The summed E-state index contributed by atoms with van der Waals surface area (Å²) >= 11 is 0. The molecule has 1 aromatic heterocycles. The van der Waals surface area contributed by atoms with Crippen LogP contribution in [0.25, 0.3) is 5.69 Å². The van der Waals surface area contributed by atoms with Gasteiger partial charge in [0.1, 0.15) is 5.82 Å². The quantitative estimate of drug-likeness (QED) is 0.471. The van der Waals surface area contributed by atoms with Crippen LogP contribution < -0.4 is 22.1 Å². The van der Waals surface area contributed by atoms with E-state index in [1.54, 1.807) is 35.9 Å². The predicted octanol–water partition coefficient (Wildman–Crippen LogP) is 1.12. The van der Waals surface area contributed by atoms with Crippen molar-refractivity contribution < 1.29 is 9.59 Å². The van der Waals surface area contributed by atoms with Crippen molar-refractivity contribution in [1.29, 1.82) is 0 Å². The van der Waals surface area contributed by atoms with Crippen molar-refractivity contribution in [3.05, 3.63) is 52.6 Å². The second-order valence-electron chi connectivity index (χ2n) is 11.9. The number of hydrogen-bond acceptors (Lipinski definition) is 7. The van der Waals surface area contributed by atoms with Crippen LogP contribution in [0.2, 0.25) is 0 Å². The number of benzene rings is 1. The topological polar surface area (TPSA) is 129 Å². The number of piperidine rings is 1. The van der Waals surface area contributed by atoms with Crippen LogP contribution in [-0.2, 0) is 11.2 Å². The Balaban J connectivity index is 1.09. The fraction of sp³-hybridized carbons (Fsp3) is 0.586. The second-order valence-corrected chi connectivity index (χ2v) is 11.9. The maximum atomic E-state index is 12.7. The van der Waals surface area contributed by atoms with Gasteiger partial charge in [0.25, 0.3) is 0 Å². The minimum Gasteiger partial charge on any atom is -0.338 e. The molecule has 3 saturated heterocycles. The van der Waals surface area contributed by atoms with Crippen LogP contribution in [0.4, 0.5) is 10.6 Å². The SMILES string of the molecule is CC(C)(N)C(=O)N1CCN(C(=O)Nc2ccn(-c3ccc(CCN4CC(C5CCNCC5)C4)cc3)c(=O)n2)CC1. The summed E-state index contributed by atoms with van der Waals surface area (Å²) < 4.78 is 1.47. The molecule has 5 rings (SSSR count). The number of piperazine rings is 1. The smallest absolute Gasteiger partial charge is 0.338 e. The van der Waals surface area contributed by atoms with Gasteiger partial charge in [-0.15, -0.1) is 0 Å². The highest BCUT2D eigenvalue weighted by Gasteiger charge is 2.33. The minimum atomic E-state index is -0.941. The molecule has 0 radical (unpaired) electrons. The van der Waals surface area contributed by atoms with Crippen LogP contribution in [0.15, 0.2) is 41.3 Å². The number of hydrogen-bond donors (Lipinski definition) is 3. The molecule has 0 spiro atoms. The van der Waals surface area contributed by atoms with Crippen LogP contribution in [0.5, 0.6) is 0 Å². The van der Waals surface area contributed by atoms with Crippen molar-refractivity contribution in [3.8, 4) is 5.69 Å². The molecule has 11 nitrogen and oxygen atoms in total. The van der Waals surface area contributed by atoms with E-state index in [4.69, 9.17) is 5.73 Å². The molecule has 0 bridgehead atoms. The first-order valence-corrected chi connectivity index (χ1v) is 14.4. The van der Waals surface area contributed by atoms with Crippen LogP contribution in [0.1, 0.15) is 32.3 Å². The van der Waals surface area contributed by atoms with E-state index in [9.17, 15) is 14.4 Å². The highest BCUT2D eigenvalue weighted by Crippen LogP contribution is 2.30. The lowest BCUT2D eigenvalue weighted by molar-refractivity contribution is -0.137. The number of nitrogens with one attached hydrogen (secondary N) is 2. The van der Waals surface area contributed by atoms with E-state index in [2.05, 4.69) is 32.7 Å². The normalized spacial score (nSPS) is 19.4. The van der Waals surface area contributed by atoms with Crippen LogP contribution in [0, 0.1) is 11.8 Å². The third-order valence-electron chi connectivity index (χ3n) is 8.41. The van der Waals surface area contributed by atoms with Gasteiger partial charge in [0.05, 0.1) is 11.2 Å². The summed E-state index contributed by atoms with van der Waals surface area (Å²) in [4.78, 5) is 47.7. The summed E-state index contributed by atoms with van der Waals surface area (Å²) in [7, 11) is 0. The van der Waals surface area contributed by atoms with Gasteiger partial charge in [-0.2, -0.15) is 4.98 Å². The fourth-order valence-electron chi connectivity index (χ4n) is 5.89. The molecule has 0 saturated carbocycles. The molecule has 4 N–H and O–H groups in total. The van der Waals surface area contributed by atoms with Crippen LogP contribution >= 0.6 is 0 Å². The van der Waals surface area contributed by atoms with Gasteiger partial charge in [-0.1, -0.05) is 12.1 Å². The number of likely N-dealkylation sites (tertiary alicyclic amines) is 1. The van der Waals surface area contributed by atoms with E-state index in [1.165, 1.54) is 49.2 Å². The van der Waals surface area contributed by atoms with Crippen LogP contribution in [0.3, 0.4) is 0 Å². The number of carbonyl (C=O) groups excluding carboxylic acids is 2. The first-order valence-electron chi connectivity index (χ1n) is 14.4. The highest BCUT2D eigenvalue weighted by atomic mass is 16.2. The number of aromatic nitrogens is 2. The summed E-state index contributed by atoms with van der Waals surface area (Å²) in [6, 6.07) is 9.28. The van der Waals surface area contributed by atoms with E-state index in [-0.39, 0.29) is 17.8 Å². The fourth-order valence-corrected chi connectivity index (χ4v) is 5.89. The maximum absolute atomic E-state index is 12.7. The number of anilines is 1. The monoisotopic (exact) mass is 550 g/mol. The largest absolute Gasteiger partial charge is 0.354 e. The lowest BCUT2D eigenvalue weighted by Gasteiger charge is -2.45. The summed E-state index contributed by atoms with van der Waals surface area (Å²) in [6.45, 7) is 10.8. The zero-order valence-electron chi connectivity index (χ0n) is 23.6. The van der Waals surface area contributed by atoms with Gasteiger partial charge in [-0.3, -0.25) is 14.7 Å². The van der Waals surface area contributed by atoms with Crippen molar-refractivity contribution in [3.63, 3.8) is 0 Å². The number of carbonyl (C=O) groups is 2. The van der Waals surface area contributed by atoms with E-state index in [0.717, 1.165) is 30.5 Å². The zero-order chi connectivity index (χ0) is 28.3. The molecule has 2 aromatic rings. The molecule has 3 amide bonds. The van der Waals surface area contributed by atoms with Crippen LogP contribution in [-0.4, -0.2) is 101 Å². The Morgan fingerprint density at radius 3 is 2.27 bits per heavy atom. The Labute approximate surface area is 235 Å². The van der Waals surface area contributed by atoms with Crippen molar-refractivity contribution in [2.24, 2.45) is 17.6 Å². The molecule has 40 heavy (non-hydrogen) atoms. The number of nitrogens with zero attached hydrogens (tertiary/aromatic N) is 5. The van der Waals surface area contributed by atoms with E-state index in [1.807, 2.05) is 12.1 Å². The maximum Gasteiger partial charge on any atom is 0.354 e. The molecule has 3 fully saturated rings. The average molecular weight is 551 g/mol. The third-order valence-corrected chi connectivity index (χ3v) is 8.41. The van der Waals surface area contributed by atoms with Gasteiger partial charge < -0.3 is 25.8 Å². The molecule has 216 valence electrons. The van der Waals surface area contributed by atoms with E-state index in [0.29, 0.717) is 26.2 Å². The van der Waals surface area contributed by atoms with Gasteiger partial charge in [-0.05, 0) is 81.8 Å². The first-order chi connectivity index (χ1) is 19.2. The van der Waals surface area contributed by atoms with Gasteiger partial charge in [0.2, 0.25) is 5.91 Å².